The highest BCUT2D eigenvalue weighted by molar-refractivity contribution is 5.39. The minimum atomic E-state index is 0.533. The second kappa shape index (κ2) is 8.51. The molecule has 0 fully saturated rings. The van der Waals surface area contributed by atoms with E-state index in [0.717, 1.165) is 17.3 Å². The third-order valence-electron chi connectivity index (χ3n) is 2.80. The van der Waals surface area contributed by atoms with Crippen LogP contribution in [-0.2, 0) is 0 Å². The maximum absolute atomic E-state index is 5.63. The van der Waals surface area contributed by atoms with Gasteiger partial charge in [-0.2, -0.15) is 4.98 Å². The predicted octanol–water partition coefficient (Wildman–Crippen LogP) is 2.57. The number of hydrogen-bond donors (Lipinski definition) is 2. The lowest BCUT2D eigenvalue weighted by atomic mass is 10.3. The standard InChI is InChI=1S/C16H20N4O2/c1-3-9-18-16-19-10-8-15(20-16)17-11-12-22-14-6-4-13(21-2)5-7-14/h3-8,10H,1,9,11-12H2,2H3,(H2,17,18,19,20). The number of rotatable bonds is 9. The molecule has 2 rings (SSSR count). The Balaban J connectivity index is 1.74. The first-order valence-electron chi connectivity index (χ1n) is 7.00. The fourth-order valence-electron chi connectivity index (χ4n) is 1.73. The highest BCUT2D eigenvalue weighted by Crippen LogP contribution is 2.16. The van der Waals surface area contributed by atoms with E-state index >= 15 is 0 Å². The van der Waals surface area contributed by atoms with Crippen molar-refractivity contribution in [2.45, 2.75) is 0 Å². The lowest BCUT2D eigenvalue weighted by molar-refractivity contribution is 0.331. The molecule has 0 aliphatic heterocycles. The Morgan fingerprint density at radius 3 is 2.64 bits per heavy atom. The van der Waals surface area contributed by atoms with Crippen LogP contribution in [0.5, 0.6) is 11.5 Å². The van der Waals surface area contributed by atoms with Crippen LogP contribution in [0, 0.1) is 0 Å². The minimum absolute atomic E-state index is 0.533. The Bertz CT molecular complexity index is 587. The summed E-state index contributed by atoms with van der Waals surface area (Å²) in [6.07, 6.45) is 3.46. The van der Waals surface area contributed by atoms with Gasteiger partial charge in [0, 0.05) is 12.7 Å². The first kappa shape index (κ1) is 15.6. The van der Waals surface area contributed by atoms with Gasteiger partial charge in [-0.25, -0.2) is 4.98 Å². The minimum Gasteiger partial charge on any atom is -0.497 e. The lowest BCUT2D eigenvalue weighted by Gasteiger charge is -2.09. The van der Waals surface area contributed by atoms with Gasteiger partial charge in [0.15, 0.2) is 0 Å². The van der Waals surface area contributed by atoms with E-state index in [1.165, 1.54) is 0 Å². The van der Waals surface area contributed by atoms with E-state index in [9.17, 15) is 0 Å². The zero-order valence-electron chi connectivity index (χ0n) is 12.6. The van der Waals surface area contributed by atoms with Crippen molar-refractivity contribution in [2.24, 2.45) is 0 Å². The third-order valence-corrected chi connectivity index (χ3v) is 2.80. The summed E-state index contributed by atoms with van der Waals surface area (Å²) in [6.45, 7) is 5.45. The quantitative estimate of drug-likeness (QED) is 0.548. The summed E-state index contributed by atoms with van der Waals surface area (Å²) in [5.41, 5.74) is 0. The maximum atomic E-state index is 5.63. The lowest BCUT2D eigenvalue weighted by Crippen LogP contribution is -2.13. The SMILES string of the molecule is C=CCNc1nccc(NCCOc2ccc(OC)cc2)n1. The largest absolute Gasteiger partial charge is 0.497 e. The van der Waals surface area contributed by atoms with Gasteiger partial charge < -0.3 is 20.1 Å². The van der Waals surface area contributed by atoms with Gasteiger partial charge in [0.05, 0.1) is 13.7 Å². The molecule has 0 aliphatic rings. The molecule has 1 aromatic carbocycles. The van der Waals surface area contributed by atoms with Gasteiger partial charge in [-0.3, -0.25) is 0 Å². The van der Waals surface area contributed by atoms with Gasteiger partial charge in [0.2, 0.25) is 5.95 Å². The van der Waals surface area contributed by atoms with Crippen molar-refractivity contribution >= 4 is 11.8 Å². The van der Waals surface area contributed by atoms with Crippen LogP contribution in [0.25, 0.3) is 0 Å². The Kier molecular flexibility index (Phi) is 6.04. The summed E-state index contributed by atoms with van der Waals surface area (Å²) < 4.78 is 10.7. The number of nitrogens with zero attached hydrogens (tertiary/aromatic N) is 2. The van der Waals surface area contributed by atoms with E-state index in [1.807, 2.05) is 30.3 Å². The molecule has 0 atom stereocenters. The molecule has 6 heteroatoms. The van der Waals surface area contributed by atoms with Crippen LogP contribution >= 0.6 is 0 Å². The van der Waals surface area contributed by atoms with Crippen LogP contribution in [0.3, 0.4) is 0 Å². The molecule has 2 aromatic rings. The van der Waals surface area contributed by atoms with Gasteiger partial charge in [-0.05, 0) is 30.3 Å². The first-order chi connectivity index (χ1) is 10.8. The van der Waals surface area contributed by atoms with Crippen molar-refractivity contribution in [1.29, 1.82) is 0 Å². The molecule has 0 unspecified atom stereocenters. The van der Waals surface area contributed by atoms with Crippen LogP contribution < -0.4 is 20.1 Å². The van der Waals surface area contributed by atoms with Crippen LogP contribution in [-0.4, -0.2) is 36.8 Å². The van der Waals surface area contributed by atoms with Gasteiger partial charge in [0.1, 0.15) is 23.9 Å². The number of hydrogen-bond acceptors (Lipinski definition) is 6. The summed E-state index contributed by atoms with van der Waals surface area (Å²) >= 11 is 0. The van der Waals surface area contributed by atoms with Crippen LogP contribution in [0.15, 0.2) is 49.2 Å². The number of ether oxygens (including phenoxy) is 2. The third kappa shape index (κ3) is 4.97. The Labute approximate surface area is 130 Å². The molecule has 0 aliphatic carbocycles. The van der Waals surface area contributed by atoms with Crippen molar-refractivity contribution in [3.63, 3.8) is 0 Å². The number of methoxy groups -OCH3 is 1. The van der Waals surface area contributed by atoms with Crippen molar-refractivity contribution in [3.05, 3.63) is 49.2 Å². The summed E-state index contributed by atoms with van der Waals surface area (Å²) in [4.78, 5) is 8.44. The molecule has 0 saturated heterocycles. The highest BCUT2D eigenvalue weighted by Gasteiger charge is 1.98. The summed E-state index contributed by atoms with van der Waals surface area (Å²) in [6, 6.07) is 9.30. The molecule has 0 radical (unpaired) electrons. The molecule has 0 spiro atoms. The van der Waals surface area contributed by atoms with Crippen molar-refractivity contribution in [1.82, 2.24) is 9.97 Å². The van der Waals surface area contributed by atoms with Gasteiger partial charge in [0.25, 0.3) is 0 Å². The fraction of sp³-hybridized carbons (Fsp3) is 0.250. The second-order valence-corrected chi connectivity index (χ2v) is 4.39. The molecule has 1 heterocycles. The zero-order valence-corrected chi connectivity index (χ0v) is 12.6. The summed E-state index contributed by atoms with van der Waals surface area (Å²) in [5, 5.41) is 6.23. The number of nitrogens with one attached hydrogen (secondary N) is 2. The van der Waals surface area contributed by atoms with E-state index in [4.69, 9.17) is 9.47 Å². The fourth-order valence-corrected chi connectivity index (χ4v) is 1.73. The van der Waals surface area contributed by atoms with Gasteiger partial charge >= 0.3 is 0 Å². The molecular formula is C16H20N4O2. The van der Waals surface area contributed by atoms with E-state index < -0.39 is 0 Å². The molecule has 0 bridgehead atoms. The topological polar surface area (TPSA) is 68.3 Å². The predicted molar refractivity (Wildman–Crippen MR) is 87.7 cm³/mol. The van der Waals surface area contributed by atoms with Crippen LogP contribution in [0.1, 0.15) is 0 Å². The maximum Gasteiger partial charge on any atom is 0.224 e. The molecule has 1 aromatic heterocycles. The van der Waals surface area contributed by atoms with E-state index in [0.29, 0.717) is 25.6 Å². The second-order valence-electron chi connectivity index (χ2n) is 4.39. The van der Waals surface area contributed by atoms with Crippen LogP contribution in [0.4, 0.5) is 11.8 Å². The van der Waals surface area contributed by atoms with Gasteiger partial charge in [-0.15, -0.1) is 6.58 Å². The Morgan fingerprint density at radius 1 is 1.14 bits per heavy atom. The monoisotopic (exact) mass is 300 g/mol. The normalized spacial score (nSPS) is 9.86. The van der Waals surface area contributed by atoms with Crippen molar-refractivity contribution < 1.29 is 9.47 Å². The zero-order chi connectivity index (χ0) is 15.6. The number of benzene rings is 1. The first-order valence-corrected chi connectivity index (χ1v) is 7.00. The van der Waals surface area contributed by atoms with E-state index in [1.54, 1.807) is 19.4 Å². The molecule has 22 heavy (non-hydrogen) atoms. The summed E-state index contributed by atoms with van der Waals surface area (Å²) in [7, 11) is 1.64. The van der Waals surface area contributed by atoms with E-state index in [2.05, 4.69) is 27.2 Å². The molecule has 2 N–H and O–H groups in total. The average Bonchev–Trinajstić information content (AvgIpc) is 2.58. The highest BCUT2D eigenvalue weighted by atomic mass is 16.5. The van der Waals surface area contributed by atoms with Crippen LogP contribution in [0.2, 0.25) is 0 Å². The molecule has 116 valence electrons. The molecule has 0 saturated carbocycles. The van der Waals surface area contributed by atoms with Crippen molar-refractivity contribution in [3.8, 4) is 11.5 Å². The Hall–Kier alpha value is -2.76. The molecule has 0 amide bonds. The van der Waals surface area contributed by atoms with E-state index in [-0.39, 0.29) is 0 Å². The summed E-state index contributed by atoms with van der Waals surface area (Å²) in [5.74, 6) is 2.94. The van der Waals surface area contributed by atoms with Crippen molar-refractivity contribution in [2.75, 3.05) is 37.4 Å². The smallest absolute Gasteiger partial charge is 0.224 e. The number of anilines is 2. The average molecular weight is 300 g/mol. The molecule has 6 nitrogen and oxygen atoms in total. The number of aromatic nitrogens is 2. The molecular weight excluding hydrogens is 280 g/mol. The Morgan fingerprint density at radius 2 is 1.91 bits per heavy atom. The van der Waals surface area contributed by atoms with Gasteiger partial charge in [-0.1, -0.05) is 6.08 Å².